The van der Waals surface area contributed by atoms with E-state index in [-0.39, 0.29) is 5.69 Å². The number of nitrogens with one attached hydrogen (secondary N) is 1. The monoisotopic (exact) mass is 329 g/mol. The van der Waals surface area contributed by atoms with Crippen LogP contribution in [0.1, 0.15) is 18.4 Å². The number of carboxylic acid groups (broad SMARTS) is 1. The van der Waals surface area contributed by atoms with Crippen molar-refractivity contribution < 1.29 is 32.6 Å². The number of alkyl halides is 3. The third-order valence-electron chi connectivity index (χ3n) is 4.32. The summed E-state index contributed by atoms with van der Waals surface area (Å²) in [5, 5.41) is 11.6. The number of aliphatic carboxylic acids is 1. The molecule has 2 bridgehead atoms. The Morgan fingerprint density at radius 3 is 2.43 bits per heavy atom. The number of ether oxygens (including phenoxy) is 1. The molecule has 0 radical (unpaired) electrons. The summed E-state index contributed by atoms with van der Waals surface area (Å²) in [7, 11) is 0. The first-order chi connectivity index (χ1) is 10.8. The van der Waals surface area contributed by atoms with Crippen LogP contribution in [0.5, 0.6) is 0 Å². The lowest BCUT2D eigenvalue weighted by molar-refractivity contribution is -0.147. The number of hydrogen-bond donors (Lipinski definition) is 2. The number of amides is 1. The predicted octanol–water partition coefficient (Wildman–Crippen LogP) is 2.52. The molecular weight excluding hydrogens is 315 g/mol. The molecule has 4 atom stereocenters. The third kappa shape index (κ3) is 2.90. The smallest absolute Gasteiger partial charge is 0.416 e. The number of benzene rings is 1. The summed E-state index contributed by atoms with van der Waals surface area (Å²) in [6, 6.07) is 4.24. The number of carbonyl (C=O) groups excluding carboxylic acids is 1. The lowest BCUT2D eigenvalue weighted by Crippen LogP contribution is -2.40. The minimum absolute atomic E-state index is 0.0169. The summed E-state index contributed by atoms with van der Waals surface area (Å²) in [6.07, 6.45) is -4.36. The van der Waals surface area contributed by atoms with E-state index >= 15 is 0 Å². The summed E-state index contributed by atoms with van der Waals surface area (Å²) >= 11 is 0. The topological polar surface area (TPSA) is 75.6 Å². The second kappa shape index (κ2) is 5.52. The highest BCUT2D eigenvalue weighted by Gasteiger charge is 2.55. The molecule has 1 aromatic carbocycles. The van der Waals surface area contributed by atoms with Gasteiger partial charge in [0.2, 0.25) is 5.91 Å². The molecule has 23 heavy (non-hydrogen) atoms. The molecule has 0 unspecified atom stereocenters. The zero-order chi connectivity index (χ0) is 16.8. The Kier molecular flexibility index (Phi) is 3.79. The van der Waals surface area contributed by atoms with Gasteiger partial charge in [0.15, 0.2) is 0 Å². The van der Waals surface area contributed by atoms with Crippen LogP contribution in [0.15, 0.2) is 24.3 Å². The van der Waals surface area contributed by atoms with Gasteiger partial charge in [-0.2, -0.15) is 13.2 Å². The van der Waals surface area contributed by atoms with E-state index in [0.29, 0.717) is 12.8 Å². The summed E-state index contributed by atoms with van der Waals surface area (Å²) in [5.74, 6) is -3.59. The zero-order valence-electron chi connectivity index (χ0n) is 11.8. The molecule has 2 aliphatic rings. The number of hydrogen-bond acceptors (Lipinski definition) is 3. The largest absolute Gasteiger partial charge is 0.481 e. The van der Waals surface area contributed by atoms with Crippen molar-refractivity contribution in [3.05, 3.63) is 29.8 Å². The number of anilines is 1. The molecule has 1 aromatic rings. The van der Waals surface area contributed by atoms with E-state index in [4.69, 9.17) is 4.74 Å². The van der Waals surface area contributed by atoms with Gasteiger partial charge < -0.3 is 15.2 Å². The molecule has 5 nitrogen and oxygen atoms in total. The van der Waals surface area contributed by atoms with Crippen LogP contribution in [0.25, 0.3) is 0 Å². The van der Waals surface area contributed by atoms with Gasteiger partial charge in [-0.3, -0.25) is 9.59 Å². The van der Waals surface area contributed by atoms with Crippen LogP contribution in [-0.2, 0) is 20.5 Å². The van der Waals surface area contributed by atoms with E-state index in [1.165, 1.54) is 12.1 Å². The van der Waals surface area contributed by atoms with Crippen molar-refractivity contribution in [2.45, 2.75) is 31.2 Å². The molecule has 0 aliphatic carbocycles. The quantitative estimate of drug-likeness (QED) is 0.893. The van der Waals surface area contributed by atoms with Gasteiger partial charge in [-0.1, -0.05) is 6.07 Å². The van der Waals surface area contributed by atoms with Gasteiger partial charge in [0.25, 0.3) is 0 Å². The Morgan fingerprint density at radius 1 is 1.17 bits per heavy atom. The molecule has 0 saturated carbocycles. The van der Waals surface area contributed by atoms with Crippen LogP contribution in [0.3, 0.4) is 0 Å². The summed E-state index contributed by atoms with van der Waals surface area (Å²) in [6.45, 7) is 0. The van der Waals surface area contributed by atoms with Crippen molar-refractivity contribution in [2.24, 2.45) is 11.8 Å². The zero-order valence-corrected chi connectivity index (χ0v) is 11.8. The molecule has 0 spiro atoms. The molecule has 2 fully saturated rings. The maximum Gasteiger partial charge on any atom is 0.416 e. The van der Waals surface area contributed by atoms with E-state index < -0.39 is 47.7 Å². The van der Waals surface area contributed by atoms with Gasteiger partial charge in [0.1, 0.15) is 0 Å². The SMILES string of the molecule is O=C(O)[C@@H]1[C@H](C(=O)Nc2cccc(C(F)(F)F)c2)[C@H]2CC[C@H]1O2. The second-order valence-electron chi connectivity index (χ2n) is 5.75. The summed E-state index contributed by atoms with van der Waals surface area (Å²) < 4.78 is 43.5. The van der Waals surface area contributed by atoms with Gasteiger partial charge in [-0.25, -0.2) is 0 Å². The molecule has 3 rings (SSSR count). The number of carbonyl (C=O) groups is 2. The Hall–Kier alpha value is -2.09. The summed E-state index contributed by atoms with van der Waals surface area (Å²) in [5.41, 5.74) is -0.897. The molecule has 1 amide bonds. The molecule has 2 N–H and O–H groups in total. The minimum Gasteiger partial charge on any atom is -0.481 e. The number of halogens is 3. The van der Waals surface area contributed by atoms with Crippen LogP contribution in [0.2, 0.25) is 0 Å². The average Bonchev–Trinajstić information content (AvgIpc) is 3.07. The Balaban J connectivity index is 1.78. The maximum absolute atomic E-state index is 12.7. The average molecular weight is 329 g/mol. The highest BCUT2D eigenvalue weighted by Crippen LogP contribution is 2.44. The maximum atomic E-state index is 12.7. The second-order valence-corrected chi connectivity index (χ2v) is 5.75. The van der Waals surface area contributed by atoms with Gasteiger partial charge in [0.05, 0.1) is 29.6 Å². The van der Waals surface area contributed by atoms with Crippen LogP contribution in [0.4, 0.5) is 18.9 Å². The van der Waals surface area contributed by atoms with Gasteiger partial charge in [-0.15, -0.1) is 0 Å². The van der Waals surface area contributed by atoms with Crippen molar-refractivity contribution in [2.75, 3.05) is 5.32 Å². The lowest BCUT2D eigenvalue weighted by atomic mass is 9.78. The minimum atomic E-state index is -4.51. The number of fused-ring (bicyclic) bond motifs is 2. The fourth-order valence-corrected chi connectivity index (χ4v) is 3.32. The van der Waals surface area contributed by atoms with E-state index in [1.807, 2.05) is 0 Å². The summed E-state index contributed by atoms with van der Waals surface area (Å²) in [4.78, 5) is 23.7. The van der Waals surface area contributed by atoms with Gasteiger partial charge in [-0.05, 0) is 31.0 Å². The van der Waals surface area contributed by atoms with Gasteiger partial charge in [0, 0.05) is 5.69 Å². The molecule has 2 aliphatic heterocycles. The predicted molar refractivity (Wildman–Crippen MR) is 72.6 cm³/mol. The first-order valence-corrected chi connectivity index (χ1v) is 7.14. The fraction of sp³-hybridized carbons (Fsp3) is 0.467. The van der Waals surface area contributed by atoms with E-state index in [9.17, 15) is 27.9 Å². The lowest BCUT2D eigenvalue weighted by Gasteiger charge is -2.24. The van der Waals surface area contributed by atoms with Crippen molar-refractivity contribution in [3.8, 4) is 0 Å². The molecule has 2 heterocycles. The van der Waals surface area contributed by atoms with Crippen LogP contribution in [0, 0.1) is 11.8 Å². The Morgan fingerprint density at radius 2 is 1.83 bits per heavy atom. The van der Waals surface area contributed by atoms with Crippen LogP contribution >= 0.6 is 0 Å². The number of rotatable bonds is 3. The van der Waals surface area contributed by atoms with Crippen molar-refractivity contribution in [1.82, 2.24) is 0 Å². The normalized spacial score (nSPS) is 29.5. The Bertz CT molecular complexity index is 646. The highest BCUT2D eigenvalue weighted by atomic mass is 19.4. The molecule has 0 aromatic heterocycles. The molecular formula is C15H14F3NO4. The van der Waals surface area contributed by atoms with Crippen LogP contribution < -0.4 is 5.32 Å². The molecule has 8 heteroatoms. The van der Waals surface area contributed by atoms with Gasteiger partial charge >= 0.3 is 12.1 Å². The van der Waals surface area contributed by atoms with E-state index in [0.717, 1.165) is 12.1 Å². The third-order valence-corrected chi connectivity index (χ3v) is 4.32. The number of carboxylic acids is 1. The fourth-order valence-electron chi connectivity index (χ4n) is 3.32. The van der Waals surface area contributed by atoms with Crippen molar-refractivity contribution >= 4 is 17.6 Å². The van der Waals surface area contributed by atoms with Crippen molar-refractivity contribution in [3.63, 3.8) is 0 Å². The highest BCUT2D eigenvalue weighted by molar-refractivity contribution is 5.96. The first-order valence-electron chi connectivity index (χ1n) is 7.14. The van der Waals surface area contributed by atoms with Crippen LogP contribution in [-0.4, -0.2) is 29.2 Å². The van der Waals surface area contributed by atoms with E-state index in [1.54, 1.807) is 0 Å². The van der Waals surface area contributed by atoms with E-state index in [2.05, 4.69) is 5.32 Å². The Labute approximate surface area is 129 Å². The standard InChI is InChI=1S/C15H14F3NO4/c16-15(17,18)7-2-1-3-8(6-7)19-13(20)11-9-4-5-10(23-9)12(11)14(21)22/h1-3,6,9-12H,4-5H2,(H,19,20)(H,21,22)/t9-,10-,11-,12+/m1/s1. The molecule has 124 valence electrons. The molecule has 2 saturated heterocycles. The first kappa shape index (κ1) is 15.8. The van der Waals surface area contributed by atoms with Crippen molar-refractivity contribution in [1.29, 1.82) is 0 Å².